The summed E-state index contributed by atoms with van der Waals surface area (Å²) < 4.78 is 11.5. The van der Waals surface area contributed by atoms with Gasteiger partial charge in [-0.25, -0.2) is 0 Å². The van der Waals surface area contributed by atoms with Gasteiger partial charge in [-0.05, 0) is 49.3 Å². The molecule has 0 radical (unpaired) electrons. The third-order valence-electron chi connectivity index (χ3n) is 5.22. The first-order chi connectivity index (χ1) is 9.79. The zero-order chi connectivity index (χ0) is 13.5. The van der Waals surface area contributed by atoms with E-state index < -0.39 is 0 Å². The van der Waals surface area contributed by atoms with E-state index in [2.05, 4.69) is 18.2 Å². The Morgan fingerprint density at radius 3 is 3.05 bits per heavy atom. The van der Waals surface area contributed by atoms with Crippen molar-refractivity contribution in [2.45, 2.75) is 56.8 Å². The van der Waals surface area contributed by atoms with Crippen LogP contribution in [-0.4, -0.2) is 24.9 Å². The molecule has 108 valence electrons. The molecule has 2 N–H and O–H groups in total. The highest BCUT2D eigenvalue weighted by atomic mass is 16.5. The highest BCUT2D eigenvalue weighted by Crippen LogP contribution is 2.40. The lowest BCUT2D eigenvalue weighted by Gasteiger charge is -2.25. The lowest BCUT2D eigenvalue weighted by Crippen LogP contribution is -2.36. The fraction of sp³-hybridized carbons (Fsp3) is 0.647. The first-order valence-electron chi connectivity index (χ1n) is 7.95. The van der Waals surface area contributed by atoms with E-state index in [1.807, 2.05) is 0 Å². The lowest BCUT2D eigenvalue weighted by molar-refractivity contribution is 0.0879. The van der Waals surface area contributed by atoms with Crippen LogP contribution in [-0.2, 0) is 17.6 Å². The Morgan fingerprint density at radius 1 is 1.30 bits per heavy atom. The SMILES string of the molecule is NC(CCc1ccc2c(c1)CCO2)C1CC2CCC1O2. The van der Waals surface area contributed by atoms with Crippen molar-refractivity contribution in [1.82, 2.24) is 0 Å². The third-order valence-corrected chi connectivity index (χ3v) is 5.22. The van der Waals surface area contributed by atoms with Crippen molar-refractivity contribution in [2.75, 3.05) is 6.61 Å². The summed E-state index contributed by atoms with van der Waals surface area (Å²) in [4.78, 5) is 0. The number of rotatable bonds is 4. The summed E-state index contributed by atoms with van der Waals surface area (Å²) in [5.41, 5.74) is 9.18. The molecule has 3 heteroatoms. The summed E-state index contributed by atoms with van der Waals surface area (Å²) in [6, 6.07) is 6.89. The lowest BCUT2D eigenvalue weighted by atomic mass is 9.82. The van der Waals surface area contributed by atoms with Crippen molar-refractivity contribution < 1.29 is 9.47 Å². The Hall–Kier alpha value is -1.06. The van der Waals surface area contributed by atoms with Gasteiger partial charge in [0, 0.05) is 18.4 Å². The minimum absolute atomic E-state index is 0.287. The summed E-state index contributed by atoms with van der Waals surface area (Å²) in [6.07, 6.45) is 7.80. The van der Waals surface area contributed by atoms with Crippen LogP contribution in [0.15, 0.2) is 18.2 Å². The molecule has 0 aliphatic carbocycles. The number of benzene rings is 1. The molecule has 2 fully saturated rings. The van der Waals surface area contributed by atoms with E-state index >= 15 is 0 Å². The van der Waals surface area contributed by atoms with Crippen LogP contribution in [0.25, 0.3) is 0 Å². The van der Waals surface area contributed by atoms with Gasteiger partial charge < -0.3 is 15.2 Å². The molecule has 0 saturated carbocycles. The second kappa shape index (κ2) is 5.05. The average Bonchev–Trinajstić information content (AvgIpc) is 3.19. The van der Waals surface area contributed by atoms with Crippen LogP contribution in [0, 0.1) is 5.92 Å². The van der Waals surface area contributed by atoms with Gasteiger partial charge >= 0.3 is 0 Å². The maximum Gasteiger partial charge on any atom is 0.122 e. The van der Waals surface area contributed by atoms with Gasteiger partial charge in [0.15, 0.2) is 0 Å². The van der Waals surface area contributed by atoms with Crippen LogP contribution < -0.4 is 10.5 Å². The number of aryl methyl sites for hydroxylation is 1. The van der Waals surface area contributed by atoms with Crippen molar-refractivity contribution in [3.8, 4) is 5.75 Å². The van der Waals surface area contributed by atoms with Gasteiger partial charge in [-0.15, -0.1) is 0 Å². The van der Waals surface area contributed by atoms with Gasteiger partial charge in [-0.3, -0.25) is 0 Å². The first kappa shape index (κ1) is 12.7. The summed E-state index contributed by atoms with van der Waals surface area (Å²) in [5, 5.41) is 0. The Bertz CT molecular complexity index is 502. The van der Waals surface area contributed by atoms with Crippen molar-refractivity contribution in [2.24, 2.45) is 11.7 Å². The monoisotopic (exact) mass is 273 g/mol. The van der Waals surface area contributed by atoms with Crippen LogP contribution in [0.3, 0.4) is 0 Å². The molecule has 3 aliphatic heterocycles. The van der Waals surface area contributed by atoms with E-state index in [9.17, 15) is 0 Å². The number of ether oxygens (including phenoxy) is 2. The standard InChI is InChI=1S/C17H23NO2/c18-15(14-10-13-3-6-17(14)20-13)4-1-11-2-5-16-12(9-11)7-8-19-16/h2,5,9,13-15,17H,1,3-4,6-8,10,18H2. The van der Waals surface area contributed by atoms with E-state index in [1.54, 1.807) is 0 Å². The summed E-state index contributed by atoms with van der Waals surface area (Å²) >= 11 is 0. The Morgan fingerprint density at radius 2 is 2.25 bits per heavy atom. The smallest absolute Gasteiger partial charge is 0.122 e. The number of hydrogen-bond acceptors (Lipinski definition) is 3. The zero-order valence-electron chi connectivity index (χ0n) is 11.9. The van der Waals surface area contributed by atoms with Crippen molar-refractivity contribution in [1.29, 1.82) is 0 Å². The van der Waals surface area contributed by atoms with Crippen LogP contribution in [0.1, 0.15) is 36.8 Å². The van der Waals surface area contributed by atoms with Gasteiger partial charge in [-0.2, -0.15) is 0 Å². The third kappa shape index (κ3) is 2.23. The molecule has 4 atom stereocenters. The molecule has 3 aliphatic rings. The molecule has 1 aromatic carbocycles. The Balaban J connectivity index is 1.36. The van der Waals surface area contributed by atoms with Gasteiger partial charge in [-0.1, -0.05) is 12.1 Å². The van der Waals surface area contributed by atoms with Crippen LogP contribution in [0.4, 0.5) is 0 Å². The molecule has 2 bridgehead atoms. The quantitative estimate of drug-likeness (QED) is 0.916. The fourth-order valence-corrected chi connectivity index (χ4v) is 4.07. The highest BCUT2D eigenvalue weighted by Gasteiger charge is 2.43. The zero-order valence-corrected chi connectivity index (χ0v) is 11.9. The molecule has 3 nitrogen and oxygen atoms in total. The van der Waals surface area contributed by atoms with Crippen molar-refractivity contribution in [3.63, 3.8) is 0 Å². The highest BCUT2D eigenvalue weighted by molar-refractivity contribution is 5.39. The molecular formula is C17H23NO2. The molecule has 0 amide bonds. The molecule has 4 unspecified atom stereocenters. The molecule has 3 heterocycles. The Kier molecular flexibility index (Phi) is 3.20. The van der Waals surface area contributed by atoms with Crippen molar-refractivity contribution in [3.05, 3.63) is 29.3 Å². The van der Waals surface area contributed by atoms with Gasteiger partial charge in [0.2, 0.25) is 0 Å². The van der Waals surface area contributed by atoms with Crippen LogP contribution in [0.2, 0.25) is 0 Å². The molecule has 20 heavy (non-hydrogen) atoms. The predicted molar refractivity (Wildman–Crippen MR) is 77.9 cm³/mol. The molecule has 0 aromatic heterocycles. The summed E-state index contributed by atoms with van der Waals surface area (Å²) in [7, 11) is 0. The molecule has 4 rings (SSSR count). The minimum Gasteiger partial charge on any atom is -0.493 e. The molecule has 0 spiro atoms. The largest absolute Gasteiger partial charge is 0.493 e. The normalized spacial score (nSPS) is 32.1. The van der Waals surface area contributed by atoms with E-state index in [1.165, 1.54) is 30.4 Å². The molecule has 1 aromatic rings. The molecule has 2 saturated heterocycles. The maximum absolute atomic E-state index is 6.42. The van der Waals surface area contributed by atoms with E-state index in [4.69, 9.17) is 15.2 Å². The number of nitrogens with two attached hydrogens (primary N) is 1. The minimum atomic E-state index is 0.287. The van der Waals surface area contributed by atoms with Gasteiger partial charge in [0.25, 0.3) is 0 Å². The van der Waals surface area contributed by atoms with Crippen molar-refractivity contribution >= 4 is 0 Å². The first-order valence-corrected chi connectivity index (χ1v) is 7.95. The summed E-state index contributed by atoms with van der Waals surface area (Å²) in [6.45, 7) is 0.834. The van der Waals surface area contributed by atoms with Crippen LogP contribution in [0.5, 0.6) is 5.75 Å². The second-order valence-corrected chi connectivity index (χ2v) is 6.52. The predicted octanol–water partition coefficient (Wildman–Crippen LogP) is 2.45. The van der Waals surface area contributed by atoms with Gasteiger partial charge in [0.1, 0.15) is 5.75 Å². The van der Waals surface area contributed by atoms with E-state index in [0.717, 1.165) is 31.6 Å². The number of hydrogen-bond donors (Lipinski definition) is 1. The maximum atomic E-state index is 6.42. The fourth-order valence-electron chi connectivity index (χ4n) is 4.07. The summed E-state index contributed by atoms with van der Waals surface area (Å²) in [5.74, 6) is 1.66. The van der Waals surface area contributed by atoms with E-state index in [-0.39, 0.29) is 6.04 Å². The van der Waals surface area contributed by atoms with E-state index in [0.29, 0.717) is 18.1 Å². The topological polar surface area (TPSA) is 44.5 Å². The number of fused-ring (bicyclic) bond motifs is 3. The van der Waals surface area contributed by atoms with Gasteiger partial charge in [0.05, 0.1) is 18.8 Å². The Labute approximate surface area is 120 Å². The second-order valence-electron chi connectivity index (χ2n) is 6.52. The molecular weight excluding hydrogens is 250 g/mol. The van der Waals surface area contributed by atoms with Crippen LogP contribution >= 0.6 is 0 Å². The average molecular weight is 273 g/mol.